The predicted octanol–water partition coefficient (Wildman–Crippen LogP) is 5.46. The number of amides is 2. The summed E-state index contributed by atoms with van der Waals surface area (Å²) in [5.74, 6) is 0. The van der Waals surface area contributed by atoms with E-state index in [1.165, 1.54) is 0 Å². The molecule has 1 heterocycles. The third-order valence-electron chi connectivity index (χ3n) is 4.94. The Bertz CT molecular complexity index is 1130. The zero-order valence-corrected chi connectivity index (χ0v) is 16.6. The van der Waals surface area contributed by atoms with Crippen LogP contribution in [0.1, 0.15) is 5.56 Å². The molecule has 4 aromatic rings. The quantitative estimate of drug-likeness (QED) is 0.480. The number of carbonyl (C=O) groups is 1. The molecule has 0 saturated heterocycles. The minimum Gasteiger partial charge on any atom is -0.370 e. The van der Waals surface area contributed by atoms with Gasteiger partial charge >= 0.3 is 6.03 Å². The average Bonchev–Trinajstić information content (AvgIpc) is 3.09. The van der Waals surface area contributed by atoms with E-state index in [2.05, 4.69) is 45.3 Å². The summed E-state index contributed by atoms with van der Waals surface area (Å²) in [6, 6.07) is 25.8. The van der Waals surface area contributed by atoms with Crippen molar-refractivity contribution in [1.29, 1.82) is 0 Å². The first-order chi connectivity index (χ1) is 14.1. The Kier molecular flexibility index (Phi) is 5.20. The molecule has 0 aliphatic carbocycles. The molecule has 0 radical (unpaired) electrons. The normalized spacial score (nSPS) is 10.7. The Labute approximate surface area is 170 Å². The molecule has 0 atom stereocenters. The number of anilines is 3. The van der Waals surface area contributed by atoms with Gasteiger partial charge in [-0.1, -0.05) is 30.3 Å². The maximum absolute atomic E-state index is 12.4. The van der Waals surface area contributed by atoms with E-state index in [9.17, 15) is 4.79 Å². The summed E-state index contributed by atoms with van der Waals surface area (Å²) in [6.07, 6.45) is 2.01. The first-order valence-corrected chi connectivity index (χ1v) is 9.57. The number of nitrogens with zero attached hydrogens (tertiary/aromatic N) is 2. The molecule has 0 saturated carbocycles. The lowest BCUT2D eigenvalue weighted by Crippen LogP contribution is -2.20. The largest absolute Gasteiger partial charge is 0.370 e. The van der Waals surface area contributed by atoms with Gasteiger partial charge in [0.05, 0.1) is 0 Å². The molecule has 2 N–H and O–H groups in total. The number of nitrogens with one attached hydrogen (secondary N) is 2. The van der Waals surface area contributed by atoms with Crippen LogP contribution in [0.4, 0.5) is 21.9 Å². The van der Waals surface area contributed by atoms with Crippen molar-refractivity contribution in [3.8, 4) is 0 Å². The Morgan fingerprint density at radius 2 is 1.66 bits per heavy atom. The molecule has 29 heavy (non-hydrogen) atoms. The summed E-state index contributed by atoms with van der Waals surface area (Å²) in [5, 5.41) is 6.93. The van der Waals surface area contributed by atoms with Crippen molar-refractivity contribution in [3.05, 3.63) is 90.6 Å². The van der Waals surface area contributed by atoms with Gasteiger partial charge in [-0.25, -0.2) is 4.79 Å². The van der Waals surface area contributed by atoms with Gasteiger partial charge in [0, 0.05) is 54.8 Å². The molecule has 146 valence electrons. The van der Waals surface area contributed by atoms with Crippen LogP contribution in [0.15, 0.2) is 85.1 Å². The monoisotopic (exact) mass is 384 g/mol. The van der Waals surface area contributed by atoms with Crippen molar-refractivity contribution in [2.45, 2.75) is 6.54 Å². The molecule has 0 unspecified atom stereocenters. The molecule has 0 spiro atoms. The highest BCUT2D eigenvalue weighted by molar-refractivity contribution is 6.01. The van der Waals surface area contributed by atoms with E-state index in [4.69, 9.17) is 0 Å². The summed E-state index contributed by atoms with van der Waals surface area (Å²) in [7, 11) is 4.06. The second-order valence-corrected chi connectivity index (χ2v) is 7.17. The highest BCUT2D eigenvalue weighted by Gasteiger charge is 2.07. The number of rotatable bonds is 5. The van der Waals surface area contributed by atoms with Crippen molar-refractivity contribution in [1.82, 2.24) is 4.57 Å². The number of urea groups is 1. The minimum atomic E-state index is -0.256. The van der Waals surface area contributed by atoms with Gasteiger partial charge in [-0.05, 0) is 54.1 Å². The first kappa shape index (κ1) is 18.6. The van der Waals surface area contributed by atoms with Crippen LogP contribution >= 0.6 is 0 Å². The van der Waals surface area contributed by atoms with Crippen LogP contribution < -0.4 is 15.5 Å². The number of aryl methyl sites for hydroxylation is 1. The van der Waals surface area contributed by atoms with E-state index >= 15 is 0 Å². The van der Waals surface area contributed by atoms with Crippen LogP contribution in [0.5, 0.6) is 0 Å². The smallest absolute Gasteiger partial charge is 0.323 e. The van der Waals surface area contributed by atoms with Crippen LogP contribution in [-0.4, -0.2) is 17.6 Å². The summed E-state index contributed by atoms with van der Waals surface area (Å²) < 4.78 is 2.05. The zero-order chi connectivity index (χ0) is 20.2. The van der Waals surface area contributed by atoms with E-state index in [0.717, 1.165) is 40.1 Å². The van der Waals surface area contributed by atoms with Gasteiger partial charge in [0.25, 0.3) is 0 Å². The number of hydrogen-bond acceptors (Lipinski definition) is 2. The first-order valence-electron chi connectivity index (χ1n) is 9.57. The van der Waals surface area contributed by atoms with Crippen molar-refractivity contribution >= 4 is 34.0 Å². The Hall–Kier alpha value is -3.73. The molecule has 4 rings (SSSR count). The fraction of sp³-hybridized carbons (Fsp3) is 0.125. The van der Waals surface area contributed by atoms with Crippen molar-refractivity contribution in [3.63, 3.8) is 0 Å². The number of benzene rings is 3. The lowest BCUT2D eigenvalue weighted by atomic mass is 10.2. The standard InChI is InChI=1S/C24H24N4O/c1-27-14-13-19-16-21(11-12-23(19)27)26-24(29)25-20-8-6-7-18(15-20)17-28(2)22-9-4-3-5-10-22/h3-16H,17H2,1-2H3,(H2,25,26,29). The Balaban J connectivity index is 1.40. The van der Waals surface area contributed by atoms with E-state index in [0.29, 0.717) is 0 Å². The maximum atomic E-state index is 12.4. The Morgan fingerprint density at radius 3 is 2.45 bits per heavy atom. The average molecular weight is 384 g/mol. The van der Waals surface area contributed by atoms with Crippen molar-refractivity contribution in [2.75, 3.05) is 22.6 Å². The zero-order valence-electron chi connectivity index (χ0n) is 16.6. The lowest BCUT2D eigenvalue weighted by Gasteiger charge is -2.19. The molecule has 0 aliphatic heterocycles. The van der Waals surface area contributed by atoms with Crippen LogP contribution in [0, 0.1) is 0 Å². The van der Waals surface area contributed by atoms with Crippen LogP contribution in [-0.2, 0) is 13.6 Å². The van der Waals surface area contributed by atoms with Crippen LogP contribution in [0.2, 0.25) is 0 Å². The van der Waals surface area contributed by atoms with E-state index < -0.39 is 0 Å². The molecule has 0 aliphatic rings. The van der Waals surface area contributed by atoms with Crippen molar-refractivity contribution < 1.29 is 4.79 Å². The fourth-order valence-electron chi connectivity index (χ4n) is 3.45. The highest BCUT2D eigenvalue weighted by atomic mass is 16.2. The molecular weight excluding hydrogens is 360 g/mol. The van der Waals surface area contributed by atoms with Gasteiger partial charge in [-0.2, -0.15) is 0 Å². The van der Waals surface area contributed by atoms with Gasteiger partial charge < -0.3 is 20.1 Å². The predicted molar refractivity (Wildman–Crippen MR) is 121 cm³/mol. The summed E-state index contributed by atoms with van der Waals surface area (Å²) >= 11 is 0. The molecule has 3 aromatic carbocycles. The van der Waals surface area contributed by atoms with Gasteiger partial charge in [0.2, 0.25) is 0 Å². The van der Waals surface area contributed by atoms with Gasteiger partial charge in [0.15, 0.2) is 0 Å². The van der Waals surface area contributed by atoms with Crippen molar-refractivity contribution in [2.24, 2.45) is 7.05 Å². The minimum absolute atomic E-state index is 0.256. The number of aromatic nitrogens is 1. The molecule has 2 amide bonds. The van der Waals surface area contributed by atoms with Crippen LogP contribution in [0.3, 0.4) is 0 Å². The van der Waals surface area contributed by atoms with E-state index in [1.807, 2.05) is 73.9 Å². The number of hydrogen-bond donors (Lipinski definition) is 2. The maximum Gasteiger partial charge on any atom is 0.323 e. The van der Waals surface area contributed by atoms with Gasteiger partial charge in [0.1, 0.15) is 0 Å². The fourth-order valence-corrected chi connectivity index (χ4v) is 3.45. The summed E-state index contributed by atoms with van der Waals surface area (Å²) in [6.45, 7) is 0.756. The molecule has 5 nitrogen and oxygen atoms in total. The SMILES string of the molecule is CN(Cc1cccc(NC(=O)Nc2ccc3c(ccn3C)c2)c1)c1ccccc1. The topological polar surface area (TPSA) is 49.3 Å². The molecule has 1 aromatic heterocycles. The van der Waals surface area contributed by atoms with Crippen LogP contribution in [0.25, 0.3) is 10.9 Å². The van der Waals surface area contributed by atoms with Gasteiger partial charge in [-0.3, -0.25) is 0 Å². The molecule has 0 bridgehead atoms. The summed E-state index contributed by atoms with van der Waals surface area (Å²) in [4.78, 5) is 14.6. The highest BCUT2D eigenvalue weighted by Crippen LogP contribution is 2.21. The van der Waals surface area contributed by atoms with E-state index in [-0.39, 0.29) is 6.03 Å². The second kappa shape index (κ2) is 8.10. The molecule has 5 heteroatoms. The third-order valence-corrected chi connectivity index (χ3v) is 4.94. The second-order valence-electron chi connectivity index (χ2n) is 7.17. The van der Waals surface area contributed by atoms with E-state index in [1.54, 1.807) is 0 Å². The Morgan fingerprint density at radius 1 is 0.897 bits per heavy atom. The molecule has 0 fully saturated rings. The summed E-state index contributed by atoms with van der Waals surface area (Å²) in [5.41, 5.74) is 4.94. The number of para-hydroxylation sites is 1. The number of carbonyl (C=O) groups excluding carboxylic acids is 1. The number of fused-ring (bicyclic) bond motifs is 1. The third kappa shape index (κ3) is 4.41. The lowest BCUT2D eigenvalue weighted by molar-refractivity contribution is 0.262. The molecular formula is C24H24N4O. The van der Waals surface area contributed by atoms with Gasteiger partial charge in [-0.15, -0.1) is 0 Å².